The van der Waals surface area contributed by atoms with E-state index in [0.29, 0.717) is 11.1 Å². The lowest BCUT2D eigenvalue weighted by atomic mass is 10.1. The second-order valence-electron chi connectivity index (χ2n) is 4.11. The molecule has 0 unspecified atom stereocenters. The van der Waals surface area contributed by atoms with Crippen molar-refractivity contribution in [2.24, 2.45) is 0 Å². The number of aromatic nitrogens is 1. The number of carbonyl (C=O) groups is 1. The minimum absolute atomic E-state index is 0.315. The molecule has 0 aliphatic heterocycles. The van der Waals surface area contributed by atoms with E-state index in [2.05, 4.69) is 10.3 Å². The third-order valence-corrected chi connectivity index (χ3v) is 2.71. The van der Waals surface area contributed by atoms with Gasteiger partial charge in [-0.2, -0.15) is 0 Å². The molecule has 0 saturated carbocycles. The van der Waals surface area contributed by atoms with E-state index in [9.17, 15) is 13.6 Å². The molecule has 0 spiro atoms. The first-order valence-electron chi connectivity index (χ1n) is 5.74. The van der Waals surface area contributed by atoms with E-state index in [1.807, 2.05) is 0 Å². The summed E-state index contributed by atoms with van der Waals surface area (Å²) in [7, 11) is 0. The minimum Gasteiger partial charge on any atom is -0.345 e. The lowest BCUT2D eigenvalue weighted by Gasteiger charge is -2.14. The lowest BCUT2D eigenvalue weighted by Crippen LogP contribution is -2.26. The van der Waals surface area contributed by atoms with Crippen LogP contribution >= 0.6 is 0 Å². The summed E-state index contributed by atoms with van der Waals surface area (Å²) in [5, 5.41) is 2.69. The third-order valence-electron chi connectivity index (χ3n) is 2.71. The van der Waals surface area contributed by atoms with Crippen molar-refractivity contribution in [1.82, 2.24) is 10.3 Å². The molecule has 5 heteroatoms. The van der Waals surface area contributed by atoms with Crippen molar-refractivity contribution in [3.63, 3.8) is 0 Å². The molecule has 2 rings (SSSR count). The molecule has 1 aromatic carbocycles. The molecule has 0 aliphatic rings. The molecule has 1 aromatic heterocycles. The quantitative estimate of drug-likeness (QED) is 0.924. The highest BCUT2D eigenvalue weighted by atomic mass is 19.2. The molecule has 1 heterocycles. The number of nitrogens with zero attached hydrogens (tertiary/aromatic N) is 1. The second-order valence-corrected chi connectivity index (χ2v) is 4.11. The summed E-state index contributed by atoms with van der Waals surface area (Å²) in [6.45, 7) is 1.70. The SMILES string of the molecule is C[C@H](NC(=O)c1cccnc1)c1ccc(F)c(F)c1. The normalized spacial score (nSPS) is 11.9. The van der Waals surface area contributed by atoms with E-state index in [4.69, 9.17) is 0 Å². The summed E-state index contributed by atoms with van der Waals surface area (Å²) >= 11 is 0. The van der Waals surface area contributed by atoms with Crippen LogP contribution < -0.4 is 5.32 Å². The molecule has 0 fully saturated rings. The van der Waals surface area contributed by atoms with Gasteiger partial charge in [0.2, 0.25) is 0 Å². The van der Waals surface area contributed by atoms with Gasteiger partial charge in [0.05, 0.1) is 11.6 Å². The molecule has 0 bridgehead atoms. The number of carbonyl (C=O) groups excluding carboxylic acids is 1. The minimum atomic E-state index is -0.931. The largest absolute Gasteiger partial charge is 0.345 e. The van der Waals surface area contributed by atoms with Gasteiger partial charge in [0.25, 0.3) is 5.91 Å². The number of pyridine rings is 1. The van der Waals surface area contributed by atoms with E-state index in [1.54, 1.807) is 25.3 Å². The zero-order valence-corrected chi connectivity index (χ0v) is 10.2. The lowest BCUT2D eigenvalue weighted by molar-refractivity contribution is 0.0939. The molecule has 0 aliphatic carbocycles. The van der Waals surface area contributed by atoms with Crippen molar-refractivity contribution in [3.8, 4) is 0 Å². The molecule has 1 N–H and O–H groups in total. The number of amides is 1. The van der Waals surface area contributed by atoms with Gasteiger partial charge >= 0.3 is 0 Å². The Kier molecular flexibility index (Phi) is 3.85. The molecule has 19 heavy (non-hydrogen) atoms. The molecule has 3 nitrogen and oxygen atoms in total. The Bertz CT molecular complexity index is 587. The maximum atomic E-state index is 13.1. The van der Waals surface area contributed by atoms with Crippen LogP contribution in [-0.4, -0.2) is 10.9 Å². The van der Waals surface area contributed by atoms with Crippen LogP contribution in [0.3, 0.4) is 0 Å². The first kappa shape index (κ1) is 13.1. The highest BCUT2D eigenvalue weighted by molar-refractivity contribution is 5.94. The summed E-state index contributed by atoms with van der Waals surface area (Å²) in [6, 6.07) is 6.40. The summed E-state index contributed by atoms with van der Waals surface area (Å²) in [4.78, 5) is 15.7. The number of benzene rings is 1. The molecular weight excluding hydrogens is 250 g/mol. The second kappa shape index (κ2) is 5.56. The third kappa shape index (κ3) is 3.13. The zero-order chi connectivity index (χ0) is 13.8. The number of nitrogens with one attached hydrogen (secondary N) is 1. The van der Waals surface area contributed by atoms with Gasteiger partial charge in [-0.15, -0.1) is 0 Å². The van der Waals surface area contributed by atoms with Gasteiger partial charge in [-0.3, -0.25) is 9.78 Å². The van der Waals surface area contributed by atoms with E-state index >= 15 is 0 Å². The average Bonchev–Trinajstić information content (AvgIpc) is 2.42. The first-order valence-corrected chi connectivity index (χ1v) is 5.74. The van der Waals surface area contributed by atoms with E-state index < -0.39 is 17.7 Å². The van der Waals surface area contributed by atoms with E-state index in [1.165, 1.54) is 12.3 Å². The number of rotatable bonds is 3. The van der Waals surface area contributed by atoms with Crippen LogP contribution in [0.2, 0.25) is 0 Å². The molecule has 98 valence electrons. The molecule has 0 radical (unpaired) electrons. The van der Waals surface area contributed by atoms with Gasteiger partial charge in [-0.05, 0) is 36.8 Å². The Morgan fingerprint density at radius 2 is 2.05 bits per heavy atom. The molecule has 1 atom stereocenters. The summed E-state index contributed by atoms with van der Waals surface area (Å²) in [6.07, 6.45) is 3.00. The van der Waals surface area contributed by atoms with Gasteiger partial charge in [0, 0.05) is 12.4 Å². The van der Waals surface area contributed by atoms with Crippen LogP contribution in [0.1, 0.15) is 28.9 Å². The Hall–Kier alpha value is -2.30. The van der Waals surface area contributed by atoms with Crippen molar-refractivity contribution in [2.75, 3.05) is 0 Å². The smallest absolute Gasteiger partial charge is 0.253 e. The Labute approximate surface area is 109 Å². The average molecular weight is 262 g/mol. The molecule has 1 amide bonds. The zero-order valence-electron chi connectivity index (χ0n) is 10.2. The fourth-order valence-electron chi connectivity index (χ4n) is 1.64. The van der Waals surface area contributed by atoms with Crippen molar-refractivity contribution < 1.29 is 13.6 Å². The maximum Gasteiger partial charge on any atom is 0.253 e. The molecule has 2 aromatic rings. The van der Waals surface area contributed by atoms with Crippen molar-refractivity contribution in [3.05, 3.63) is 65.5 Å². The van der Waals surface area contributed by atoms with Crippen molar-refractivity contribution in [2.45, 2.75) is 13.0 Å². The Morgan fingerprint density at radius 1 is 1.26 bits per heavy atom. The van der Waals surface area contributed by atoms with Gasteiger partial charge in [0.15, 0.2) is 11.6 Å². The van der Waals surface area contributed by atoms with Crippen LogP contribution in [0.5, 0.6) is 0 Å². The van der Waals surface area contributed by atoms with Crippen LogP contribution in [-0.2, 0) is 0 Å². The summed E-state index contributed by atoms with van der Waals surface area (Å²) < 4.78 is 25.9. The summed E-state index contributed by atoms with van der Waals surface area (Å²) in [5.41, 5.74) is 0.910. The highest BCUT2D eigenvalue weighted by Crippen LogP contribution is 2.16. The van der Waals surface area contributed by atoms with Gasteiger partial charge < -0.3 is 5.32 Å². The van der Waals surface area contributed by atoms with Gasteiger partial charge in [0.1, 0.15) is 0 Å². The topological polar surface area (TPSA) is 42.0 Å². The standard InChI is InChI=1S/C14H12F2N2O/c1-9(10-4-5-12(15)13(16)7-10)18-14(19)11-3-2-6-17-8-11/h2-9H,1H3,(H,18,19)/t9-/m0/s1. The Balaban J connectivity index is 2.10. The van der Waals surface area contributed by atoms with Crippen molar-refractivity contribution in [1.29, 1.82) is 0 Å². The molecular formula is C14H12F2N2O. The number of hydrogen-bond acceptors (Lipinski definition) is 2. The first-order chi connectivity index (χ1) is 9.08. The summed E-state index contributed by atoms with van der Waals surface area (Å²) in [5.74, 6) is -2.15. The van der Waals surface area contributed by atoms with Crippen LogP contribution in [0.15, 0.2) is 42.7 Å². The fourth-order valence-corrected chi connectivity index (χ4v) is 1.64. The van der Waals surface area contributed by atoms with E-state index in [0.717, 1.165) is 12.1 Å². The monoisotopic (exact) mass is 262 g/mol. The fraction of sp³-hybridized carbons (Fsp3) is 0.143. The molecule has 0 saturated heterocycles. The highest BCUT2D eigenvalue weighted by Gasteiger charge is 2.13. The van der Waals surface area contributed by atoms with Gasteiger partial charge in [-0.25, -0.2) is 8.78 Å². The number of hydrogen-bond donors (Lipinski definition) is 1. The predicted molar refractivity (Wildman–Crippen MR) is 66.5 cm³/mol. The van der Waals surface area contributed by atoms with Gasteiger partial charge in [-0.1, -0.05) is 6.07 Å². The van der Waals surface area contributed by atoms with Crippen LogP contribution in [0.25, 0.3) is 0 Å². The maximum absolute atomic E-state index is 13.1. The number of halogens is 2. The van der Waals surface area contributed by atoms with Crippen LogP contribution in [0, 0.1) is 11.6 Å². The predicted octanol–water partition coefficient (Wildman–Crippen LogP) is 2.85. The van der Waals surface area contributed by atoms with Crippen molar-refractivity contribution >= 4 is 5.91 Å². The Morgan fingerprint density at radius 3 is 2.68 bits per heavy atom. The van der Waals surface area contributed by atoms with E-state index in [-0.39, 0.29) is 5.91 Å². The van der Waals surface area contributed by atoms with Crippen LogP contribution in [0.4, 0.5) is 8.78 Å².